The van der Waals surface area contributed by atoms with Crippen LogP contribution in [0.2, 0.25) is 5.02 Å². The summed E-state index contributed by atoms with van der Waals surface area (Å²) < 4.78 is 5.06. The van der Waals surface area contributed by atoms with Gasteiger partial charge in [0.15, 0.2) is 6.61 Å². The molecule has 0 saturated carbocycles. The molecule has 0 unspecified atom stereocenters. The third-order valence-corrected chi connectivity index (χ3v) is 4.72. The van der Waals surface area contributed by atoms with Gasteiger partial charge in [-0.25, -0.2) is 0 Å². The standard InChI is InChI=1S/C21H18ClN3O4/c22-17-7-6-15(10-23)18(9-17)24-19(26)13-29-21(28)16-8-20(27)25(12-16)11-14-4-2-1-3-5-14/h1-7,9,16H,8,11-13H2,(H,24,26)/t16-/m1/s1. The number of carbonyl (C=O) groups is 3. The number of carbonyl (C=O) groups excluding carboxylic acids is 3. The third kappa shape index (κ3) is 5.33. The van der Waals surface area contributed by atoms with Gasteiger partial charge in [-0.2, -0.15) is 5.26 Å². The number of ether oxygens (including phenoxy) is 1. The monoisotopic (exact) mass is 411 g/mol. The molecule has 1 aliphatic rings. The van der Waals surface area contributed by atoms with Crippen LogP contribution in [0.5, 0.6) is 0 Å². The Morgan fingerprint density at radius 3 is 2.72 bits per heavy atom. The van der Waals surface area contributed by atoms with Crippen molar-refractivity contribution in [3.8, 4) is 6.07 Å². The van der Waals surface area contributed by atoms with Crippen molar-refractivity contribution in [1.29, 1.82) is 5.26 Å². The summed E-state index contributed by atoms with van der Waals surface area (Å²) in [5, 5.41) is 11.9. The van der Waals surface area contributed by atoms with Crippen LogP contribution in [-0.4, -0.2) is 35.8 Å². The Morgan fingerprint density at radius 1 is 1.24 bits per heavy atom. The van der Waals surface area contributed by atoms with Crippen molar-refractivity contribution >= 4 is 35.1 Å². The van der Waals surface area contributed by atoms with Crippen molar-refractivity contribution in [2.24, 2.45) is 5.92 Å². The molecule has 0 spiro atoms. The average molecular weight is 412 g/mol. The number of anilines is 1. The van der Waals surface area contributed by atoms with Gasteiger partial charge in [0, 0.05) is 24.5 Å². The smallest absolute Gasteiger partial charge is 0.311 e. The lowest BCUT2D eigenvalue weighted by molar-refractivity contribution is -0.151. The third-order valence-electron chi connectivity index (χ3n) is 4.49. The van der Waals surface area contributed by atoms with Crippen molar-refractivity contribution < 1.29 is 19.1 Å². The van der Waals surface area contributed by atoms with Crippen LogP contribution >= 0.6 is 11.6 Å². The lowest BCUT2D eigenvalue weighted by atomic mass is 10.1. The molecule has 1 aliphatic heterocycles. The number of nitriles is 1. The molecule has 1 N–H and O–H groups in total. The van der Waals surface area contributed by atoms with E-state index in [2.05, 4.69) is 5.32 Å². The summed E-state index contributed by atoms with van der Waals surface area (Å²) in [5.41, 5.74) is 1.46. The topological polar surface area (TPSA) is 99.5 Å². The van der Waals surface area contributed by atoms with Gasteiger partial charge in [-0.3, -0.25) is 14.4 Å². The predicted molar refractivity (Wildman–Crippen MR) is 106 cm³/mol. The van der Waals surface area contributed by atoms with Gasteiger partial charge in [0.1, 0.15) is 6.07 Å². The zero-order valence-electron chi connectivity index (χ0n) is 15.4. The highest BCUT2D eigenvalue weighted by Crippen LogP contribution is 2.22. The maximum Gasteiger partial charge on any atom is 0.311 e. The summed E-state index contributed by atoms with van der Waals surface area (Å²) in [6.45, 7) is 0.163. The van der Waals surface area contributed by atoms with Crippen LogP contribution in [0.3, 0.4) is 0 Å². The Labute approximate surface area is 172 Å². The van der Waals surface area contributed by atoms with Crippen LogP contribution in [0.1, 0.15) is 17.5 Å². The molecule has 0 aromatic heterocycles. The molecule has 29 heavy (non-hydrogen) atoms. The normalized spacial score (nSPS) is 15.7. The van der Waals surface area contributed by atoms with Crippen LogP contribution < -0.4 is 5.32 Å². The van der Waals surface area contributed by atoms with E-state index >= 15 is 0 Å². The molecular formula is C21H18ClN3O4. The molecule has 2 aromatic carbocycles. The highest BCUT2D eigenvalue weighted by molar-refractivity contribution is 6.31. The van der Waals surface area contributed by atoms with Crippen LogP contribution in [0.4, 0.5) is 5.69 Å². The molecule has 0 radical (unpaired) electrons. The molecular weight excluding hydrogens is 394 g/mol. The lowest BCUT2D eigenvalue weighted by Gasteiger charge is -2.16. The largest absolute Gasteiger partial charge is 0.455 e. The highest BCUT2D eigenvalue weighted by atomic mass is 35.5. The van der Waals surface area contributed by atoms with Gasteiger partial charge in [0.2, 0.25) is 5.91 Å². The van der Waals surface area contributed by atoms with E-state index in [9.17, 15) is 14.4 Å². The van der Waals surface area contributed by atoms with E-state index in [0.717, 1.165) is 5.56 Å². The van der Waals surface area contributed by atoms with E-state index in [1.54, 1.807) is 4.90 Å². The van der Waals surface area contributed by atoms with Gasteiger partial charge >= 0.3 is 5.97 Å². The van der Waals surface area contributed by atoms with Crippen molar-refractivity contribution in [2.75, 3.05) is 18.5 Å². The SMILES string of the molecule is N#Cc1ccc(Cl)cc1NC(=O)COC(=O)[C@@H]1CC(=O)N(Cc2ccccc2)C1. The quantitative estimate of drug-likeness (QED) is 0.737. The summed E-state index contributed by atoms with van der Waals surface area (Å²) in [6, 6.07) is 15.9. The van der Waals surface area contributed by atoms with Gasteiger partial charge < -0.3 is 15.0 Å². The predicted octanol–water partition coefficient (Wildman–Crippen LogP) is 2.74. The highest BCUT2D eigenvalue weighted by Gasteiger charge is 2.35. The number of nitrogens with zero attached hydrogens (tertiary/aromatic N) is 2. The van der Waals surface area contributed by atoms with E-state index in [-0.39, 0.29) is 30.1 Å². The van der Waals surface area contributed by atoms with Gasteiger partial charge in [0.05, 0.1) is 17.2 Å². The number of esters is 1. The first-order valence-electron chi connectivity index (χ1n) is 8.94. The number of nitrogens with one attached hydrogen (secondary N) is 1. The van der Waals surface area contributed by atoms with E-state index in [0.29, 0.717) is 11.6 Å². The Bertz CT molecular complexity index is 972. The molecule has 148 valence electrons. The van der Waals surface area contributed by atoms with Gasteiger partial charge in [0.25, 0.3) is 5.91 Å². The van der Waals surface area contributed by atoms with E-state index in [4.69, 9.17) is 21.6 Å². The number of rotatable bonds is 6. The molecule has 2 aromatic rings. The first-order chi connectivity index (χ1) is 14.0. The van der Waals surface area contributed by atoms with Crippen LogP contribution in [0.25, 0.3) is 0 Å². The fourth-order valence-electron chi connectivity index (χ4n) is 3.04. The van der Waals surface area contributed by atoms with Crippen molar-refractivity contribution in [3.05, 3.63) is 64.7 Å². The minimum Gasteiger partial charge on any atom is -0.455 e. The maximum atomic E-state index is 12.3. The fourth-order valence-corrected chi connectivity index (χ4v) is 3.22. The molecule has 7 nitrogen and oxygen atoms in total. The fraction of sp³-hybridized carbons (Fsp3) is 0.238. The van der Waals surface area contributed by atoms with Crippen LogP contribution in [-0.2, 0) is 25.7 Å². The second kappa shape index (κ2) is 9.22. The molecule has 3 rings (SSSR count). The molecule has 1 heterocycles. The molecule has 1 atom stereocenters. The summed E-state index contributed by atoms with van der Waals surface area (Å²) in [4.78, 5) is 38.1. The zero-order chi connectivity index (χ0) is 20.8. The number of hydrogen-bond donors (Lipinski definition) is 1. The summed E-state index contributed by atoms with van der Waals surface area (Å²) in [5.74, 6) is -1.93. The van der Waals surface area contributed by atoms with Crippen molar-refractivity contribution in [1.82, 2.24) is 4.90 Å². The minimum absolute atomic E-state index is 0.0557. The minimum atomic E-state index is -0.611. The van der Waals surface area contributed by atoms with Crippen LogP contribution in [0.15, 0.2) is 48.5 Å². The van der Waals surface area contributed by atoms with Crippen LogP contribution in [0, 0.1) is 17.2 Å². The second-order valence-electron chi connectivity index (χ2n) is 6.62. The first kappa shape index (κ1) is 20.4. The molecule has 0 bridgehead atoms. The Morgan fingerprint density at radius 2 is 2.00 bits per heavy atom. The summed E-state index contributed by atoms with van der Waals surface area (Å²) in [7, 11) is 0. The number of halogens is 1. The van der Waals surface area contributed by atoms with E-state index in [1.807, 2.05) is 36.4 Å². The molecule has 1 saturated heterocycles. The maximum absolute atomic E-state index is 12.3. The molecule has 1 fully saturated rings. The van der Waals surface area contributed by atoms with Gasteiger partial charge in [-0.05, 0) is 23.8 Å². The Kier molecular flexibility index (Phi) is 6.47. The molecule has 0 aliphatic carbocycles. The second-order valence-corrected chi connectivity index (χ2v) is 7.05. The number of hydrogen-bond acceptors (Lipinski definition) is 5. The Hall–Kier alpha value is -3.37. The number of likely N-dealkylation sites (tertiary alicyclic amines) is 1. The first-order valence-corrected chi connectivity index (χ1v) is 9.32. The molecule has 8 heteroatoms. The van der Waals surface area contributed by atoms with E-state index < -0.39 is 24.4 Å². The summed E-state index contributed by atoms with van der Waals surface area (Å²) in [6.07, 6.45) is 0.0557. The lowest BCUT2D eigenvalue weighted by Crippen LogP contribution is -2.28. The van der Waals surface area contributed by atoms with Gasteiger partial charge in [-0.15, -0.1) is 0 Å². The number of amides is 2. The zero-order valence-corrected chi connectivity index (χ0v) is 16.2. The average Bonchev–Trinajstić information content (AvgIpc) is 3.07. The molecule has 2 amide bonds. The summed E-state index contributed by atoms with van der Waals surface area (Å²) >= 11 is 5.87. The Balaban J connectivity index is 1.51. The van der Waals surface area contributed by atoms with Crippen molar-refractivity contribution in [3.63, 3.8) is 0 Å². The van der Waals surface area contributed by atoms with E-state index in [1.165, 1.54) is 18.2 Å². The van der Waals surface area contributed by atoms with Crippen molar-refractivity contribution in [2.45, 2.75) is 13.0 Å². The number of benzene rings is 2. The van der Waals surface area contributed by atoms with Gasteiger partial charge in [-0.1, -0.05) is 41.9 Å².